The zero-order chi connectivity index (χ0) is 14.6. The van der Waals surface area contributed by atoms with Gasteiger partial charge in [0.2, 0.25) is 5.91 Å². The summed E-state index contributed by atoms with van der Waals surface area (Å²) in [6, 6.07) is 0.463. The lowest BCUT2D eigenvalue weighted by Crippen LogP contribution is -2.44. The second kappa shape index (κ2) is 6.93. The van der Waals surface area contributed by atoms with Crippen LogP contribution in [0.5, 0.6) is 0 Å². The quantitative estimate of drug-likeness (QED) is 0.858. The molecule has 3 nitrogen and oxygen atoms in total. The third-order valence-corrected chi connectivity index (χ3v) is 5.72. The molecule has 0 heterocycles. The predicted octanol–water partition coefficient (Wildman–Crippen LogP) is 3.32. The summed E-state index contributed by atoms with van der Waals surface area (Å²) in [7, 11) is 2.01. The van der Waals surface area contributed by atoms with Gasteiger partial charge >= 0.3 is 0 Å². The standard InChI is InChI=1S/C17H32N2O/c1-14-7-6-8-15(11-14)19(2)16(20)12-17(13-18)9-4-3-5-10-17/h14-15H,3-13,18H2,1-2H3. The maximum atomic E-state index is 12.7. The Hall–Kier alpha value is -0.570. The molecule has 0 spiro atoms. The minimum atomic E-state index is 0.101. The highest BCUT2D eigenvalue weighted by Gasteiger charge is 2.35. The smallest absolute Gasteiger partial charge is 0.223 e. The van der Waals surface area contributed by atoms with Crippen LogP contribution in [-0.2, 0) is 4.79 Å². The average Bonchev–Trinajstić information content (AvgIpc) is 2.47. The van der Waals surface area contributed by atoms with E-state index in [4.69, 9.17) is 5.73 Å². The molecule has 0 aromatic carbocycles. The van der Waals surface area contributed by atoms with E-state index in [1.54, 1.807) is 0 Å². The van der Waals surface area contributed by atoms with E-state index in [9.17, 15) is 4.79 Å². The number of nitrogens with zero attached hydrogens (tertiary/aromatic N) is 1. The minimum Gasteiger partial charge on any atom is -0.343 e. The summed E-state index contributed by atoms with van der Waals surface area (Å²) >= 11 is 0. The zero-order valence-corrected chi connectivity index (χ0v) is 13.4. The molecule has 3 heteroatoms. The van der Waals surface area contributed by atoms with Crippen LogP contribution in [0.15, 0.2) is 0 Å². The van der Waals surface area contributed by atoms with Crippen molar-refractivity contribution in [3.8, 4) is 0 Å². The fourth-order valence-corrected chi connectivity index (χ4v) is 4.16. The van der Waals surface area contributed by atoms with Crippen molar-refractivity contribution in [3.63, 3.8) is 0 Å². The predicted molar refractivity (Wildman–Crippen MR) is 83.4 cm³/mol. The van der Waals surface area contributed by atoms with Gasteiger partial charge in [0.15, 0.2) is 0 Å². The summed E-state index contributed by atoms with van der Waals surface area (Å²) in [5.74, 6) is 1.10. The molecular weight excluding hydrogens is 248 g/mol. The highest BCUT2D eigenvalue weighted by Crippen LogP contribution is 2.39. The van der Waals surface area contributed by atoms with Gasteiger partial charge in [0.25, 0.3) is 0 Å². The van der Waals surface area contributed by atoms with Crippen molar-refractivity contribution in [2.45, 2.75) is 77.2 Å². The molecule has 2 fully saturated rings. The summed E-state index contributed by atoms with van der Waals surface area (Å²) in [6.45, 7) is 2.99. The van der Waals surface area contributed by atoms with Crippen LogP contribution in [-0.4, -0.2) is 30.4 Å². The number of hydrogen-bond acceptors (Lipinski definition) is 2. The fraction of sp³-hybridized carbons (Fsp3) is 0.941. The molecule has 0 aromatic rings. The van der Waals surface area contributed by atoms with E-state index in [1.165, 1.54) is 44.9 Å². The second-order valence-corrected chi connectivity index (χ2v) is 7.37. The lowest BCUT2D eigenvalue weighted by atomic mass is 9.71. The van der Waals surface area contributed by atoms with Crippen molar-refractivity contribution in [2.24, 2.45) is 17.1 Å². The van der Waals surface area contributed by atoms with E-state index in [0.717, 1.165) is 18.8 Å². The van der Waals surface area contributed by atoms with Gasteiger partial charge in [-0.1, -0.05) is 39.0 Å². The van der Waals surface area contributed by atoms with Crippen LogP contribution in [0.25, 0.3) is 0 Å². The largest absolute Gasteiger partial charge is 0.343 e. The molecule has 2 N–H and O–H groups in total. The molecule has 116 valence electrons. The van der Waals surface area contributed by atoms with E-state index < -0.39 is 0 Å². The van der Waals surface area contributed by atoms with E-state index in [0.29, 0.717) is 24.9 Å². The molecule has 0 saturated heterocycles. The summed E-state index contributed by atoms with van der Waals surface area (Å²) < 4.78 is 0. The number of carbonyl (C=O) groups is 1. The van der Waals surface area contributed by atoms with Gasteiger partial charge in [-0.25, -0.2) is 0 Å². The van der Waals surface area contributed by atoms with E-state index >= 15 is 0 Å². The first-order valence-corrected chi connectivity index (χ1v) is 8.52. The van der Waals surface area contributed by atoms with E-state index in [1.807, 2.05) is 11.9 Å². The third-order valence-electron chi connectivity index (χ3n) is 5.72. The lowest BCUT2D eigenvalue weighted by Gasteiger charge is -2.39. The minimum absolute atomic E-state index is 0.101. The second-order valence-electron chi connectivity index (χ2n) is 7.37. The number of carbonyl (C=O) groups excluding carboxylic acids is 1. The number of hydrogen-bond donors (Lipinski definition) is 1. The zero-order valence-electron chi connectivity index (χ0n) is 13.4. The van der Waals surface area contributed by atoms with Gasteiger partial charge < -0.3 is 10.6 Å². The normalized spacial score (nSPS) is 29.9. The van der Waals surface area contributed by atoms with Crippen LogP contribution >= 0.6 is 0 Å². The number of nitrogens with two attached hydrogens (primary N) is 1. The first kappa shape index (κ1) is 15.8. The maximum absolute atomic E-state index is 12.7. The Balaban J connectivity index is 1.92. The first-order chi connectivity index (χ1) is 9.56. The molecule has 20 heavy (non-hydrogen) atoms. The van der Waals surface area contributed by atoms with Crippen LogP contribution in [0.2, 0.25) is 0 Å². The van der Waals surface area contributed by atoms with Crippen molar-refractivity contribution in [1.29, 1.82) is 0 Å². The Bertz CT molecular complexity index is 323. The van der Waals surface area contributed by atoms with Crippen molar-refractivity contribution in [2.75, 3.05) is 13.6 Å². The molecule has 0 radical (unpaired) electrons. The average molecular weight is 280 g/mol. The monoisotopic (exact) mass is 280 g/mol. The van der Waals surface area contributed by atoms with Crippen molar-refractivity contribution < 1.29 is 4.79 Å². The Morgan fingerprint density at radius 1 is 1.20 bits per heavy atom. The SMILES string of the molecule is CC1CCCC(N(C)C(=O)CC2(CN)CCCCC2)C1. The fourth-order valence-electron chi connectivity index (χ4n) is 4.16. The van der Waals surface area contributed by atoms with Gasteiger partial charge in [-0.15, -0.1) is 0 Å². The molecule has 2 rings (SSSR count). The van der Waals surface area contributed by atoms with Gasteiger partial charge in [-0.3, -0.25) is 4.79 Å². The first-order valence-electron chi connectivity index (χ1n) is 8.52. The van der Waals surface area contributed by atoms with Gasteiger partial charge in [0, 0.05) is 19.5 Å². The Kier molecular flexibility index (Phi) is 5.48. The van der Waals surface area contributed by atoms with Crippen molar-refractivity contribution >= 4 is 5.91 Å². The summed E-state index contributed by atoms with van der Waals surface area (Å²) in [6.07, 6.45) is 11.7. The summed E-state index contributed by atoms with van der Waals surface area (Å²) in [5, 5.41) is 0. The van der Waals surface area contributed by atoms with Crippen LogP contribution in [0.4, 0.5) is 0 Å². The van der Waals surface area contributed by atoms with Crippen LogP contribution < -0.4 is 5.73 Å². The van der Waals surface area contributed by atoms with Crippen LogP contribution in [0.1, 0.15) is 71.1 Å². The Morgan fingerprint density at radius 2 is 1.90 bits per heavy atom. The molecule has 2 aliphatic rings. The highest BCUT2D eigenvalue weighted by molar-refractivity contribution is 5.77. The van der Waals surface area contributed by atoms with Gasteiger partial charge in [-0.05, 0) is 43.6 Å². The van der Waals surface area contributed by atoms with Gasteiger partial charge in [-0.2, -0.15) is 0 Å². The summed E-state index contributed by atoms with van der Waals surface area (Å²) in [4.78, 5) is 14.7. The number of rotatable bonds is 4. The molecule has 0 bridgehead atoms. The maximum Gasteiger partial charge on any atom is 0.223 e. The Labute approximate surface area is 124 Å². The summed E-state index contributed by atoms with van der Waals surface area (Å²) in [5.41, 5.74) is 6.12. The van der Waals surface area contributed by atoms with E-state index in [2.05, 4.69) is 6.92 Å². The molecule has 1 amide bonds. The highest BCUT2D eigenvalue weighted by atomic mass is 16.2. The molecule has 2 atom stereocenters. The van der Waals surface area contributed by atoms with Gasteiger partial charge in [0.1, 0.15) is 0 Å². The number of amides is 1. The van der Waals surface area contributed by atoms with Crippen molar-refractivity contribution in [1.82, 2.24) is 4.90 Å². The molecular formula is C17H32N2O. The van der Waals surface area contributed by atoms with Gasteiger partial charge in [0.05, 0.1) is 0 Å². The topological polar surface area (TPSA) is 46.3 Å². The van der Waals surface area contributed by atoms with Crippen molar-refractivity contribution in [3.05, 3.63) is 0 Å². The third kappa shape index (κ3) is 3.75. The molecule has 2 saturated carbocycles. The van der Waals surface area contributed by atoms with Crippen LogP contribution in [0, 0.1) is 11.3 Å². The molecule has 0 aliphatic heterocycles. The lowest BCUT2D eigenvalue weighted by molar-refractivity contribution is -0.135. The molecule has 2 aliphatic carbocycles. The molecule has 2 unspecified atom stereocenters. The van der Waals surface area contributed by atoms with E-state index in [-0.39, 0.29) is 5.41 Å². The Morgan fingerprint density at radius 3 is 2.50 bits per heavy atom. The van der Waals surface area contributed by atoms with Crippen LogP contribution in [0.3, 0.4) is 0 Å². The molecule has 0 aromatic heterocycles.